The van der Waals surface area contributed by atoms with Crippen molar-refractivity contribution in [3.8, 4) is 0 Å². The SMILES string of the molecule is C[Si]1(O)O[Si@](C)(O)O[Si]2(C)O[Si](C)(O[Si@@](C)(O)O[Si](C)(O)O[Si@@](C)(O)O2)O[Si@](C)(O)O1. The second-order valence-electron chi connectivity index (χ2n) is 8.03. The number of fused-ring (bicyclic) bond motifs is 2. The molecule has 0 aromatic heterocycles. The van der Waals surface area contributed by atoms with Crippen LogP contribution in [0.4, 0.5) is 0 Å². The maximum atomic E-state index is 10.7. The van der Waals surface area contributed by atoms with Gasteiger partial charge in [0.05, 0.1) is 0 Å². The van der Waals surface area contributed by atoms with E-state index in [1.807, 2.05) is 0 Å². The molecule has 2 rings (SSSR count). The Balaban J connectivity index is 2.66. The van der Waals surface area contributed by atoms with E-state index in [0.717, 1.165) is 39.3 Å². The maximum Gasteiger partial charge on any atom is 0.480 e. The van der Waals surface area contributed by atoms with E-state index in [1.165, 1.54) is 13.1 Å². The van der Waals surface area contributed by atoms with Crippen LogP contribution in [0, 0.1) is 0 Å². The van der Waals surface area contributed by atoms with E-state index in [9.17, 15) is 28.8 Å². The Labute approximate surface area is 188 Å². The Bertz CT molecular complexity index is 584. The van der Waals surface area contributed by atoms with Crippen LogP contribution >= 0.6 is 0 Å². The summed E-state index contributed by atoms with van der Waals surface area (Å²) in [5.74, 6) is 0. The fourth-order valence-electron chi connectivity index (χ4n) is 3.37. The van der Waals surface area contributed by atoms with Crippen LogP contribution in [0.2, 0.25) is 52.4 Å². The fourth-order valence-corrected chi connectivity index (χ4v) is 34.8. The molecule has 2 aliphatic heterocycles. The zero-order valence-corrected chi connectivity index (χ0v) is 26.4. The van der Waals surface area contributed by atoms with Gasteiger partial charge in [-0.15, -0.1) is 0 Å². The molecule has 15 nitrogen and oxygen atoms in total. The first kappa shape index (κ1) is 28.4. The smallest absolute Gasteiger partial charge is 0.391 e. The highest BCUT2D eigenvalue weighted by Crippen LogP contribution is 2.34. The molecule has 4 unspecified atom stereocenters. The third kappa shape index (κ3) is 8.69. The molecule has 0 aromatic carbocycles. The van der Waals surface area contributed by atoms with Gasteiger partial charge in [-0.1, -0.05) is 0 Å². The first-order chi connectivity index (χ1) is 13.4. The summed E-state index contributed by atoms with van der Waals surface area (Å²) in [6, 6.07) is 0. The molecule has 23 heteroatoms. The molecule has 8 atom stereocenters. The molecule has 0 spiro atoms. The van der Waals surface area contributed by atoms with E-state index in [-0.39, 0.29) is 0 Å². The quantitative estimate of drug-likeness (QED) is 0.164. The van der Waals surface area contributed by atoms with Crippen LogP contribution in [0.25, 0.3) is 0 Å². The van der Waals surface area contributed by atoms with Crippen LogP contribution in [0.15, 0.2) is 0 Å². The second-order valence-corrected chi connectivity index (χ2v) is 29.6. The van der Waals surface area contributed by atoms with Gasteiger partial charge >= 0.3 is 70.4 Å². The minimum atomic E-state index is -4.27. The molecule has 6 N–H and O–H groups in total. The van der Waals surface area contributed by atoms with Gasteiger partial charge in [0.15, 0.2) is 0 Å². The van der Waals surface area contributed by atoms with E-state index >= 15 is 0 Å². The fraction of sp³-hybridized carbons (Fsp3) is 1.00. The minimum Gasteiger partial charge on any atom is -0.391 e. The third-order valence-electron chi connectivity index (χ3n) is 3.38. The molecular weight excluding hydrogens is 561 g/mol. The topological polar surface area (TPSA) is 204 Å². The molecule has 31 heavy (non-hydrogen) atoms. The van der Waals surface area contributed by atoms with Crippen molar-refractivity contribution in [1.82, 2.24) is 0 Å². The summed E-state index contributed by atoms with van der Waals surface area (Å²) >= 11 is 0. The van der Waals surface area contributed by atoms with E-state index in [2.05, 4.69) is 0 Å². The van der Waals surface area contributed by atoms with Crippen molar-refractivity contribution < 1.29 is 65.8 Å². The van der Waals surface area contributed by atoms with Crippen molar-refractivity contribution in [3.63, 3.8) is 0 Å². The molecule has 0 aromatic rings. The van der Waals surface area contributed by atoms with Gasteiger partial charge in [0.2, 0.25) is 0 Å². The monoisotopic (exact) mass is 590 g/mol. The lowest BCUT2D eigenvalue weighted by Gasteiger charge is -2.47. The standard InChI is InChI=1S/C8H30O15Si8/c1-24(9)15-26(3,11)19-30(7)21-28(5,13)17-25(2,10)18-29(6,14)22-31(8,23-30)20-27(4,12)16-24/h9-14H,1-8H3/t24?,25?,26-,27+,28+,29-,30?,31?. The highest BCUT2D eigenvalue weighted by Gasteiger charge is 2.66. The van der Waals surface area contributed by atoms with Gasteiger partial charge in [-0.2, -0.15) is 0 Å². The molecule has 2 heterocycles. The van der Waals surface area contributed by atoms with Crippen molar-refractivity contribution in [1.29, 1.82) is 0 Å². The molecule has 2 saturated heterocycles. The molecular formula is C8H30O15Si8. The molecule has 2 fully saturated rings. The van der Waals surface area contributed by atoms with E-state index < -0.39 is 70.4 Å². The third-order valence-corrected chi connectivity index (χ3v) is 30.5. The number of hydrogen-bond donors (Lipinski definition) is 6. The van der Waals surface area contributed by atoms with Crippen molar-refractivity contribution in [2.24, 2.45) is 0 Å². The van der Waals surface area contributed by atoms with Crippen LogP contribution in [0.1, 0.15) is 0 Å². The van der Waals surface area contributed by atoms with Crippen LogP contribution < -0.4 is 0 Å². The maximum absolute atomic E-state index is 10.7. The van der Waals surface area contributed by atoms with Gasteiger partial charge in [-0.3, -0.25) is 0 Å². The largest absolute Gasteiger partial charge is 0.480 e. The summed E-state index contributed by atoms with van der Waals surface area (Å²) in [5, 5.41) is 0. The van der Waals surface area contributed by atoms with E-state index in [1.54, 1.807) is 0 Å². The molecule has 184 valence electrons. The Kier molecular flexibility index (Phi) is 7.66. The predicted molar refractivity (Wildman–Crippen MR) is 116 cm³/mol. The van der Waals surface area contributed by atoms with Crippen molar-refractivity contribution in [2.75, 3.05) is 0 Å². The van der Waals surface area contributed by atoms with Crippen LogP contribution in [-0.2, 0) is 37.0 Å². The first-order valence-electron chi connectivity index (χ1n) is 9.02. The number of hydrogen-bond acceptors (Lipinski definition) is 15. The lowest BCUT2D eigenvalue weighted by atomic mass is 11.9. The van der Waals surface area contributed by atoms with Gasteiger partial charge < -0.3 is 65.8 Å². The van der Waals surface area contributed by atoms with Crippen molar-refractivity contribution in [2.45, 2.75) is 52.4 Å². The zero-order chi connectivity index (χ0) is 24.4. The van der Waals surface area contributed by atoms with Crippen LogP contribution in [-0.4, -0.2) is 99.2 Å². The average molecular weight is 591 g/mol. The molecule has 0 saturated carbocycles. The molecule has 0 amide bonds. The molecule has 2 bridgehead atoms. The average Bonchev–Trinajstić information content (AvgIpc) is 2.21. The second kappa shape index (κ2) is 8.37. The van der Waals surface area contributed by atoms with Crippen LogP contribution in [0.3, 0.4) is 0 Å². The lowest BCUT2D eigenvalue weighted by Crippen LogP contribution is -2.74. The van der Waals surface area contributed by atoms with Crippen molar-refractivity contribution >= 4 is 70.4 Å². The van der Waals surface area contributed by atoms with Crippen LogP contribution in [0.5, 0.6) is 0 Å². The Morgan fingerprint density at radius 2 is 0.452 bits per heavy atom. The summed E-state index contributed by atoms with van der Waals surface area (Å²) in [6.07, 6.45) is 0. The first-order valence-corrected chi connectivity index (χ1v) is 27.0. The minimum absolute atomic E-state index is 1.14. The van der Waals surface area contributed by atoms with Gasteiger partial charge in [0.25, 0.3) is 0 Å². The van der Waals surface area contributed by atoms with Gasteiger partial charge in [0, 0.05) is 52.4 Å². The Morgan fingerprint density at radius 3 is 0.645 bits per heavy atom. The van der Waals surface area contributed by atoms with Gasteiger partial charge in [0.1, 0.15) is 0 Å². The molecule has 0 radical (unpaired) electrons. The van der Waals surface area contributed by atoms with Gasteiger partial charge in [-0.25, -0.2) is 0 Å². The lowest BCUT2D eigenvalue weighted by molar-refractivity contribution is 0.0537. The summed E-state index contributed by atoms with van der Waals surface area (Å²) in [5.41, 5.74) is 0. The zero-order valence-electron chi connectivity index (χ0n) is 18.4. The molecule has 0 aliphatic carbocycles. The highest BCUT2D eigenvalue weighted by molar-refractivity contribution is 6.92. The highest BCUT2D eigenvalue weighted by atomic mass is 28.6. The number of rotatable bonds is 0. The van der Waals surface area contributed by atoms with E-state index in [4.69, 9.17) is 37.0 Å². The van der Waals surface area contributed by atoms with E-state index in [0.29, 0.717) is 0 Å². The van der Waals surface area contributed by atoms with Crippen molar-refractivity contribution in [3.05, 3.63) is 0 Å². The predicted octanol–water partition coefficient (Wildman–Crippen LogP) is -2.33. The Hall–Kier alpha value is 1.14. The molecule has 2 aliphatic rings. The summed E-state index contributed by atoms with van der Waals surface area (Å²) in [6.45, 7) is 9.41. The summed E-state index contributed by atoms with van der Waals surface area (Å²) < 4.78 is 49.6. The normalized spacial score (nSPS) is 57.9. The van der Waals surface area contributed by atoms with Gasteiger partial charge in [-0.05, 0) is 0 Å². The Morgan fingerprint density at radius 1 is 0.290 bits per heavy atom. The summed E-state index contributed by atoms with van der Waals surface area (Å²) in [7, 11) is -34.0. The summed E-state index contributed by atoms with van der Waals surface area (Å²) in [4.78, 5) is 64.0.